The molecule has 160 valence electrons. The number of carbonyl (C=O) groups excluding carboxylic acids is 2. The van der Waals surface area contributed by atoms with Gasteiger partial charge in [-0.25, -0.2) is 5.43 Å². The molecule has 0 saturated heterocycles. The maximum absolute atomic E-state index is 11.9. The monoisotopic (exact) mass is 437 g/mol. The molecule has 0 saturated carbocycles. The smallest absolute Gasteiger partial charge is 0.258 e. The minimum atomic E-state index is -0.241. The first-order valence-electron chi connectivity index (χ1n) is 9.71. The average Bonchev–Trinajstić information content (AvgIpc) is 3.32. The molecule has 0 aliphatic rings. The van der Waals surface area contributed by atoms with Crippen LogP contribution < -0.4 is 15.5 Å². The van der Waals surface area contributed by atoms with Crippen LogP contribution in [0.1, 0.15) is 17.7 Å². The minimum Gasteiger partial charge on any atom is -0.484 e. The van der Waals surface area contributed by atoms with Crippen molar-refractivity contribution in [3.05, 3.63) is 84.3 Å². The van der Waals surface area contributed by atoms with E-state index in [1.807, 2.05) is 30.3 Å². The maximum Gasteiger partial charge on any atom is 0.258 e. The molecule has 0 aliphatic heterocycles. The van der Waals surface area contributed by atoms with Gasteiger partial charge >= 0.3 is 0 Å². The van der Waals surface area contributed by atoms with Crippen LogP contribution in [0.25, 0.3) is 0 Å². The van der Waals surface area contributed by atoms with Gasteiger partial charge in [0.1, 0.15) is 11.5 Å². The molecule has 0 atom stereocenters. The third kappa shape index (κ3) is 8.39. The second kappa shape index (κ2) is 12.2. The molecule has 0 aliphatic carbocycles. The van der Waals surface area contributed by atoms with E-state index < -0.39 is 0 Å². The van der Waals surface area contributed by atoms with Crippen LogP contribution in [-0.2, 0) is 16.1 Å². The van der Waals surface area contributed by atoms with Gasteiger partial charge in [-0.2, -0.15) is 5.10 Å². The largest absolute Gasteiger partial charge is 0.484 e. The predicted octanol–water partition coefficient (Wildman–Crippen LogP) is 3.61. The summed E-state index contributed by atoms with van der Waals surface area (Å²) in [5.74, 6) is 1.55. The van der Waals surface area contributed by atoms with E-state index in [0.717, 1.165) is 10.5 Å². The van der Waals surface area contributed by atoms with Crippen LogP contribution in [0, 0.1) is 0 Å². The third-order valence-corrected chi connectivity index (χ3v) is 5.05. The molecule has 2 N–H and O–H groups in total. The Morgan fingerprint density at radius 2 is 1.81 bits per heavy atom. The number of carbonyl (C=O) groups is 2. The number of nitrogens with zero attached hydrogens (tertiary/aromatic N) is 1. The molecule has 0 unspecified atom stereocenters. The number of amides is 2. The number of rotatable bonds is 11. The van der Waals surface area contributed by atoms with Gasteiger partial charge in [0.2, 0.25) is 5.91 Å². The Labute approximate surface area is 184 Å². The van der Waals surface area contributed by atoms with E-state index in [9.17, 15) is 9.59 Å². The normalized spacial score (nSPS) is 10.7. The fourth-order valence-electron chi connectivity index (χ4n) is 2.46. The quantitative estimate of drug-likeness (QED) is 0.272. The van der Waals surface area contributed by atoms with E-state index in [0.29, 0.717) is 30.2 Å². The van der Waals surface area contributed by atoms with E-state index >= 15 is 0 Å². The van der Waals surface area contributed by atoms with Crippen LogP contribution in [0.3, 0.4) is 0 Å². The molecule has 2 amide bonds. The Hall–Kier alpha value is -3.52. The molecule has 8 heteroatoms. The highest BCUT2D eigenvalue weighted by Crippen LogP contribution is 2.17. The van der Waals surface area contributed by atoms with Gasteiger partial charge in [-0.1, -0.05) is 18.2 Å². The zero-order chi connectivity index (χ0) is 21.7. The van der Waals surface area contributed by atoms with Crippen molar-refractivity contribution < 1.29 is 18.7 Å². The first-order valence-corrected chi connectivity index (χ1v) is 10.7. The molecule has 0 bridgehead atoms. The van der Waals surface area contributed by atoms with Crippen molar-refractivity contribution in [2.24, 2.45) is 5.10 Å². The highest BCUT2D eigenvalue weighted by Gasteiger charge is 2.04. The van der Waals surface area contributed by atoms with Crippen molar-refractivity contribution in [3.63, 3.8) is 0 Å². The Kier molecular flexibility index (Phi) is 8.75. The zero-order valence-corrected chi connectivity index (χ0v) is 17.6. The Morgan fingerprint density at radius 1 is 1.00 bits per heavy atom. The van der Waals surface area contributed by atoms with Crippen LogP contribution in [0.2, 0.25) is 0 Å². The first-order chi connectivity index (χ1) is 15.2. The number of hydrogen-bond donors (Lipinski definition) is 2. The highest BCUT2D eigenvalue weighted by atomic mass is 32.2. The summed E-state index contributed by atoms with van der Waals surface area (Å²) in [7, 11) is 0. The summed E-state index contributed by atoms with van der Waals surface area (Å²) in [4.78, 5) is 24.8. The van der Waals surface area contributed by atoms with E-state index in [1.54, 1.807) is 60.6 Å². The lowest BCUT2D eigenvalue weighted by atomic mass is 10.2. The molecule has 31 heavy (non-hydrogen) atoms. The summed E-state index contributed by atoms with van der Waals surface area (Å²) in [6.07, 6.45) is 3.49. The van der Waals surface area contributed by atoms with Crippen LogP contribution >= 0.6 is 11.8 Å². The summed E-state index contributed by atoms with van der Waals surface area (Å²) >= 11 is 1.63. The Morgan fingerprint density at radius 3 is 2.55 bits per heavy atom. The van der Waals surface area contributed by atoms with E-state index in [-0.39, 0.29) is 18.4 Å². The fraction of sp³-hybridized carbons (Fsp3) is 0.174. The molecule has 7 nitrogen and oxygen atoms in total. The van der Waals surface area contributed by atoms with Crippen LogP contribution in [0.5, 0.6) is 5.75 Å². The highest BCUT2D eigenvalue weighted by molar-refractivity contribution is 7.99. The molecule has 1 aromatic heterocycles. The van der Waals surface area contributed by atoms with Crippen molar-refractivity contribution >= 4 is 29.8 Å². The lowest BCUT2D eigenvalue weighted by molar-refractivity contribution is -0.123. The van der Waals surface area contributed by atoms with Gasteiger partial charge in [-0.05, 0) is 54.1 Å². The molecular weight excluding hydrogens is 414 g/mol. The van der Waals surface area contributed by atoms with Gasteiger partial charge in [0.25, 0.3) is 5.91 Å². The summed E-state index contributed by atoms with van der Waals surface area (Å²) in [6.45, 7) is 0.229. The predicted molar refractivity (Wildman–Crippen MR) is 120 cm³/mol. The average molecular weight is 438 g/mol. The molecule has 2 aromatic carbocycles. The van der Waals surface area contributed by atoms with Crippen LogP contribution in [0.4, 0.5) is 0 Å². The molecule has 0 radical (unpaired) electrons. The number of thioether (sulfide) groups is 1. The van der Waals surface area contributed by atoms with Crippen molar-refractivity contribution in [1.29, 1.82) is 0 Å². The van der Waals surface area contributed by atoms with E-state index in [1.165, 1.54) is 0 Å². The first kappa shape index (κ1) is 22.2. The Bertz CT molecular complexity index is 974. The summed E-state index contributed by atoms with van der Waals surface area (Å²) in [6, 6.07) is 20.5. The van der Waals surface area contributed by atoms with Gasteiger partial charge in [0.05, 0.1) is 19.0 Å². The summed E-state index contributed by atoms with van der Waals surface area (Å²) in [5.41, 5.74) is 3.32. The van der Waals surface area contributed by atoms with Crippen LogP contribution in [0.15, 0.2) is 87.4 Å². The van der Waals surface area contributed by atoms with E-state index in [4.69, 9.17) is 9.15 Å². The third-order valence-electron chi connectivity index (χ3n) is 4.03. The second-order valence-corrected chi connectivity index (χ2v) is 7.59. The standard InChI is InChI=1S/C23H23N3O4S/c27-22(12-14-31-21-6-2-1-3-7-21)26-25-15-18-8-10-19(11-9-18)30-17-23(28)24-16-20-5-4-13-29-20/h1-11,13,15H,12,14,16-17H2,(H,24,28)(H,26,27)/b25-15-. The number of hydrazone groups is 1. The topological polar surface area (TPSA) is 92.9 Å². The second-order valence-electron chi connectivity index (χ2n) is 6.42. The summed E-state index contributed by atoms with van der Waals surface area (Å²) < 4.78 is 10.6. The number of benzene rings is 2. The lowest BCUT2D eigenvalue weighted by Gasteiger charge is -2.06. The van der Waals surface area contributed by atoms with Crippen molar-refractivity contribution in [1.82, 2.24) is 10.7 Å². The van der Waals surface area contributed by atoms with Gasteiger partial charge in [0, 0.05) is 17.1 Å². The van der Waals surface area contributed by atoms with Crippen molar-refractivity contribution in [2.45, 2.75) is 17.9 Å². The maximum atomic E-state index is 11.9. The molecular formula is C23H23N3O4S. The summed E-state index contributed by atoms with van der Waals surface area (Å²) in [5, 5.41) is 6.68. The molecule has 0 fully saturated rings. The molecule has 3 rings (SSSR count). The fourth-order valence-corrected chi connectivity index (χ4v) is 3.33. The van der Waals surface area contributed by atoms with Gasteiger partial charge in [-0.15, -0.1) is 11.8 Å². The SMILES string of the molecule is O=C(COc1ccc(/C=N\NC(=O)CCSc2ccccc2)cc1)NCc1ccco1. The van der Waals surface area contributed by atoms with Crippen LogP contribution in [-0.4, -0.2) is 30.4 Å². The minimum absolute atomic E-state index is 0.0921. The van der Waals surface area contributed by atoms with Gasteiger partial charge in [-0.3, -0.25) is 9.59 Å². The Balaban J connectivity index is 1.32. The van der Waals surface area contributed by atoms with Crippen molar-refractivity contribution in [3.8, 4) is 5.75 Å². The van der Waals surface area contributed by atoms with Gasteiger partial charge < -0.3 is 14.5 Å². The molecule has 1 heterocycles. The number of ether oxygens (including phenoxy) is 1. The van der Waals surface area contributed by atoms with Gasteiger partial charge in [0.15, 0.2) is 6.61 Å². The zero-order valence-electron chi connectivity index (χ0n) is 16.8. The van der Waals surface area contributed by atoms with Crippen molar-refractivity contribution in [2.75, 3.05) is 12.4 Å². The number of hydrogen-bond acceptors (Lipinski definition) is 6. The lowest BCUT2D eigenvalue weighted by Crippen LogP contribution is -2.28. The molecule has 3 aromatic rings. The molecule has 0 spiro atoms. The number of furan rings is 1. The number of nitrogens with one attached hydrogen (secondary N) is 2. The van der Waals surface area contributed by atoms with E-state index in [2.05, 4.69) is 15.8 Å².